The van der Waals surface area contributed by atoms with Crippen molar-refractivity contribution in [1.29, 1.82) is 0 Å². The van der Waals surface area contributed by atoms with Gasteiger partial charge in [-0.1, -0.05) is 0 Å². The normalized spacial score (nSPS) is 17.2. The van der Waals surface area contributed by atoms with Gasteiger partial charge in [-0.2, -0.15) is 0 Å². The minimum Gasteiger partial charge on any atom is -0.480 e. The molecular weight excluding hydrogens is 218 g/mol. The third-order valence-electron chi connectivity index (χ3n) is 3.38. The number of carbonyl (C=O) groups is 1. The molecule has 0 aliphatic carbocycles. The van der Waals surface area contributed by atoms with E-state index in [9.17, 15) is 9.90 Å². The van der Waals surface area contributed by atoms with Crippen LogP contribution in [0.3, 0.4) is 0 Å². The van der Waals surface area contributed by atoms with Gasteiger partial charge in [-0.15, -0.1) is 0 Å². The molecule has 0 radical (unpaired) electrons. The van der Waals surface area contributed by atoms with Crippen molar-refractivity contribution in [3.8, 4) is 0 Å². The van der Waals surface area contributed by atoms with Crippen molar-refractivity contribution in [3.05, 3.63) is 0 Å². The molecule has 2 unspecified atom stereocenters. The zero-order valence-electron chi connectivity index (χ0n) is 11.9. The Morgan fingerprint density at radius 3 is 2.24 bits per heavy atom. The number of aliphatic carboxylic acids is 1. The Morgan fingerprint density at radius 1 is 1.35 bits per heavy atom. The molecule has 0 saturated heterocycles. The number of nitrogens with one attached hydrogen (secondary N) is 1. The van der Waals surface area contributed by atoms with E-state index in [2.05, 4.69) is 22.0 Å². The molecule has 0 aromatic carbocycles. The van der Waals surface area contributed by atoms with E-state index in [1.54, 1.807) is 14.0 Å². The van der Waals surface area contributed by atoms with E-state index in [-0.39, 0.29) is 6.04 Å². The second-order valence-corrected chi connectivity index (χ2v) is 5.22. The van der Waals surface area contributed by atoms with Gasteiger partial charge in [0.05, 0.1) is 0 Å². The highest BCUT2D eigenvalue weighted by atomic mass is 16.4. The summed E-state index contributed by atoms with van der Waals surface area (Å²) in [6.45, 7) is 5.71. The predicted octanol–water partition coefficient (Wildman–Crippen LogP) is 0.321. The number of likely N-dealkylation sites (N-methyl/N-ethyl adjacent to an activating group) is 3. The highest BCUT2D eigenvalue weighted by molar-refractivity contribution is 5.78. The molecule has 0 aromatic heterocycles. The van der Waals surface area contributed by atoms with Crippen LogP contribution < -0.4 is 5.32 Å². The fourth-order valence-electron chi connectivity index (χ4n) is 1.62. The van der Waals surface area contributed by atoms with Crippen LogP contribution in [-0.2, 0) is 4.79 Å². The van der Waals surface area contributed by atoms with Gasteiger partial charge in [0.15, 0.2) is 0 Å². The Labute approximate surface area is 105 Å². The topological polar surface area (TPSA) is 55.8 Å². The Bertz CT molecular complexity index is 246. The zero-order chi connectivity index (χ0) is 13.6. The maximum absolute atomic E-state index is 11.2. The third-order valence-corrected chi connectivity index (χ3v) is 3.38. The maximum atomic E-state index is 11.2. The first-order valence-electron chi connectivity index (χ1n) is 6.00. The van der Waals surface area contributed by atoms with E-state index in [4.69, 9.17) is 0 Å². The fraction of sp³-hybridized carbons (Fsp3) is 0.917. The van der Waals surface area contributed by atoms with Gasteiger partial charge in [-0.3, -0.25) is 4.79 Å². The van der Waals surface area contributed by atoms with Crippen molar-refractivity contribution in [2.45, 2.75) is 31.8 Å². The van der Waals surface area contributed by atoms with E-state index in [1.165, 1.54) is 0 Å². The van der Waals surface area contributed by atoms with Crippen molar-refractivity contribution in [1.82, 2.24) is 15.1 Å². The average molecular weight is 245 g/mol. The lowest BCUT2D eigenvalue weighted by Gasteiger charge is -2.33. The molecule has 102 valence electrons. The van der Waals surface area contributed by atoms with Gasteiger partial charge in [0, 0.05) is 19.1 Å². The minimum atomic E-state index is -0.855. The summed E-state index contributed by atoms with van der Waals surface area (Å²) in [6.07, 6.45) is 0.586. The Balaban J connectivity index is 4.31. The number of hydrogen-bond acceptors (Lipinski definition) is 4. The van der Waals surface area contributed by atoms with Crippen molar-refractivity contribution in [2.75, 3.05) is 41.3 Å². The summed E-state index contributed by atoms with van der Waals surface area (Å²) in [4.78, 5) is 15.5. The Morgan fingerprint density at radius 2 is 1.88 bits per heavy atom. The molecule has 0 aliphatic heterocycles. The summed E-state index contributed by atoms with van der Waals surface area (Å²) in [5.41, 5.74) is -0.855. The van der Waals surface area contributed by atoms with Gasteiger partial charge in [0.2, 0.25) is 0 Å². The molecule has 5 heteroatoms. The van der Waals surface area contributed by atoms with Crippen LogP contribution in [0.1, 0.15) is 20.3 Å². The van der Waals surface area contributed by atoms with Gasteiger partial charge in [-0.25, -0.2) is 0 Å². The highest BCUT2D eigenvalue weighted by Gasteiger charge is 2.33. The van der Waals surface area contributed by atoms with Crippen LogP contribution in [0.4, 0.5) is 0 Å². The van der Waals surface area contributed by atoms with Gasteiger partial charge >= 0.3 is 5.97 Å². The van der Waals surface area contributed by atoms with Gasteiger partial charge in [0.1, 0.15) is 5.54 Å². The first-order chi connectivity index (χ1) is 7.73. The molecule has 2 N–H and O–H groups in total. The second-order valence-electron chi connectivity index (χ2n) is 5.22. The third kappa shape index (κ3) is 5.48. The van der Waals surface area contributed by atoms with Crippen LogP contribution >= 0.6 is 0 Å². The van der Waals surface area contributed by atoms with Gasteiger partial charge < -0.3 is 20.2 Å². The summed E-state index contributed by atoms with van der Waals surface area (Å²) in [7, 11) is 7.80. The number of carboxylic acid groups (broad SMARTS) is 1. The minimum absolute atomic E-state index is 0.225. The fourth-order valence-corrected chi connectivity index (χ4v) is 1.62. The quantitative estimate of drug-likeness (QED) is 0.645. The first-order valence-corrected chi connectivity index (χ1v) is 6.00. The van der Waals surface area contributed by atoms with Crippen LogP contribution in [0.5, 0.6) is 0 Å². The molecule has 5 nitrogen and oxygen atoms in total. The van der Waals surface area contributed by atoms with E-state index in [0.717, 1.165) is 13.1 Å². The van der Waals surface area contributed by atoms with Crippen molar-refractivity contribution in [2.24, 2.45) is 0 Å². The van der Waals surface area contributed by atoms with E-state index < -0.39 is 11.5 Å². The molecule has 2 atom stereocenters. The van der Waals surface area contributed by atoms with Crippen LogP contribution in [-0.4, -0.2) is 73.7 Å². The summed E-state index contributed by atoms with van der Waals surface area (Å²) in [5.74, 6) is -0.798. The second kappa shape index (κ2) is 6.93. The molecule has 0 rings (SSSR count). The molecule has 0 amide bonds. The molecule has 0 heterocycles. The largest absolute Gasteiger partial charge is 0.480 e. The summed E-state index contributed by atoms with van der Waals surface area (Å²) >= 11 is 0. The van der Waals surface area contributed by atoms with Gasteiger partial charge in [0.25, 0.3) is 0 Å². The first kappa shape index (κ1) is 16.4. The highest BCUT2D eigenvalue weighted by Crippen LogP contribution is 2.15. The summed E-state index contributed by atoms with van der Waals surface area (Å²) in [6, 6.07) is 0.225. The van der Waals surface area contributed by atoms with Crippen LogP contribution in [0, 0.1) is 0 Å². The van der Waals surface area contributed by atoms with Crippen molar-refractivity contribution in [3.63, 3.8) is 0 Å². The van der Waals surface area contributed by atoms with E-state index >= 15 is 0 Å². The van der Waals surface area contributed by atoms with Crippen LogP contribution in [0.25, 0.3) is 0 Å². The molecule has 0 saturated carbocycles. The number of rotatable bonds is 8. The van der Waals surface area contributed by atoms with Crippen molar-refractivity contribution >= 4 is 5.97 Å². The van der Waals surface area contributed by atoms with Crippen LogP contribution in [0.15, 0.2) is 0 Å². The molecular formula is C12H27N3O2. The van der Waals surface area contributed by atoms with Crippen LogP contribution in [0.2, 0.25) is 0 Å². The average Bonchev–Trinajstić information content (AvgIpc) is 2.24. The maximum Gasteiger partial charge on any atom is 0.323 e. The SMILES string of the molecule is CNC(C)(CC(C)N(C)CCN(C)C)C(=O)O. The number of carboxylic acids is 1. The smallest absolute Gasteiger partial charge is 0.323 e. The van der Waals surface area contributed by atoms with E-state index in [1.807, 2.05) is 21.1 Å². The lowest BCUT2D eigenvalue weighted by Crippen LogP contribution is -2.52. The molecule has 0 fully saturated rings. The molecule has 0 spiro atoms. The van der Waals surface area contributed by atoms with Gasteiger partial charge in [-0.05, 0) is 48.5 Å². The predicted molar refractivity (Wildman–Crippen MR) is 70.4 cm³/mol. The molecule has 0 aliphatic rings. The molecule has 0 bridgehead atoms. The standard InChI is InChI=1S/C12H27N3O2/c1-10(15(6)8-7-14(4)5)9-12(2,13-3)11(16)17/h10,13H,7-9H2,1-6H3,(H,16,17). The number of nitrogens with zero attached hydrogens (tertiary/aromatic N) is 2. The number of hydrogen-bond donors (Lipinski definition) is 2. The molecule has 0 aromatic rings. The lowest BCUT2D eigenvalue weighted by molar-refractivity contribution is -0.144. The summed E-state index contributed by atoms with van der Waals surface area (Å²) in [5, 5.41) is 12.1. The molecule has 17 heavy (non-hydrogen) atoms. The lowest BCUT2D eigenvalue weighted by atomic mass is 9.93. The van der Waals surface area contributed by atoms with E-state index in [0.29, 0.717) is 6.42 Å². The summed E-state index contributed by atoms with van der Waals surface area (Å²) < 4.78 is 0. The Hall–Kier alpha value is -0.650. The monoisotopic (exact) mass is 245 g/mol. The van der Waals surface area contributed by atoms with Crippen molar-refractivity contribution < 1.29 is 9.90 Å². The zero-order valence-corrected chi connectivity index (χ0v) is 11.9. The Kier molecular flexibility index (Phi) is 6.67.